The number of aliphatic hydroxyl groups excluding tert-OH is 1. The van der Waals surface area contributed by atoms with Crippen LogP contribution in [0.1, 0.15) is 99.0 Å². The van der Waals surface area contributed by atoms with E-state index in [9.17, 15) is 29.1 Å². The molecule has 0 bridgehead atoms. The normalized spacial score (nSPS) is 20.7. The number of rotatable bonds is 19. The summed E-state index contributed by atoms with van der Waals surface area (Å²) in [7, 11) is 1.57. The number of hydrogen-bond acceptors (Lipinski definition) is 10. The van der Waals surface area contributed by atoms with Gasteiger partial charge in [0.25, 0.3) is 0 Å². The molecule has 0 radical (unpaired) electrons. The lowest BCUT2D eigenvalue weighted by Crippen LogP contribution is -2.51. The van der Waals surface area contributed by atoms with Crippen LogP contribution in [0.5, 0.6) is 5.75 Å². The zero-order valence-electron chi connectivity index (χ0n) is 32.7. The predicted octanol–water partition coefficient (Wildman–Crippen LogP) is 3.78. The number of primary amides is 1. The van der Waals surface area contributed by atoms with E-state index in [-0.39, 0.29) is 60.3 Å². The fraction of sp³-hybridized carbons (Fsp3) is 0.692. The first-order valence-corrected chi connectivity index (χ1v) is 19.8. The lowest BCUT2D eigenvalue weighted by atomic mass is 9.81. The molecule has 0 aliphatic carbocycles. The quantitative estimate of drug-likeness (QED) is 0.152. The maximum absolute atomic E-state index is 13.5. The van der Waals surface area contributed by atoms with Gasteiger partial charge in [-0.15, -0.1) is 11.8 Å². The number of methoxy groups -OCH3 is 1. The largest absolute Gasteiger partial charge is 0.497 e. The summed E-state index contributed by atoms with van der Waals surface area (Å²) in [6.07, 6.45) is 2.32. The van der Waals surface area contributed by atoms with Crippen molar-refractivity contribution >= 4 is 46.4 Å². The summed E-state index contributed by atoms with van der Waals surface area (Å²) >= 11 is 1.59. The van der Waals surface area contributed by atoms with Crippen LogP contribution in [-0.2, 0) is 35.1 Å². The van der Waals surface area contributed by atoms with Crippen LogP contribution < -0.4 is 21.1 Å². The van der Waals surface area contributed by atoms with Gasteiger partial charge in [0, 0.05) is 37.5 Å². The third-order valence-corrected chi connectivity index (χ3v) is 11.4. The average Bonchev–Trinajstić information content (AvgIpc) is 3.80. The monoisotopic (exact) mass is 759 g/mol. The van der Waals surface area contributed by atoms with Gasteiger partial charge in [0.05, 0.1) is 24.3 Å². The summed E-state index contributed by atoms with van der Waals surface area (Å²) in [5, 5.41) is 17.6. The molecule has 0 spiro atoms. The van der Waals surface area contributed by atoms with Crippen LogP contribution in [0.3, 0.4) is 0 Å². The first kappa shape index (κ1) is 43.8. The van der Waals surface area contributed by atoms with Crippen LogP contribution >= 0.6 is 11.8 Å². The zero-order chi connectivity index (χ0) is 39.5. The summed E-state index contributed by atoms with van der Waals surface area (Å²) in [4.78, 5) is 69.7. The number of amides is 4. The number of hydrogen-bond donors (Lipinski definition) is 4. The fourth-order valence-corrected chi connectivity index (χ4v) is 7.83. The second-order valence-corrected chi connectivity index (χ2v) is 16.6. The molecular weight excluding hydrogens is 699 g/mol. The molecule has 296 valence electrons. The van der Waals surface area contributed by atoms with Crippen molar-refractivity contribution in [2.75, 3.05) is 19.4 Å². The molecule has 8 unspecified atom stereocenters. The highest BCUT2D eigenvalue weighted by Gasteiger charge is 2.40. The minimum absolute atomic E-state index is 0.0117. The number of carbonyl (C=O) groups excluding carboxylic acids is 5. The van der Waals surface area contributed by atoms with Crippen LogP contribution in [0.2, 0.25) is 0 Å². The van der Waals surface area contributed by atoms with Crippen molar-refractivity contribution < 1.29 is 38.6 Å². The Bertz CT molecular complexity index is 1450. The number of benzene rings is 1. The molecule has 13 nitrogen and oxygen atoms in total. The molecule has 8 atom stereocenters. The molecule has 1 saturated heterocycles. The van der Waals surface area contributed by atoms with Crippen LogP contribution in [0, 0.1) is 17.3 Å². The number of carbonyl (C=O) groups is 5. The lowest BCUT2D eigenvalue weighted by molar-refractivity contribution is -0.164. The second-order valence-electron chi connectivity index (χ2n) is 15.6. The predicted molar refractivity (Wildman–Crippen MR) is 206 cm³/mol. The SMILES string of the molecule is CCC(=O)NC(C)C(=O)N1CCCC1C(=O)OC(CC(C)CC(O)C(C)C1=NC(CCC(=O)NC(Cc2ccc(OC)cc2)C(N)=O)CS1)C(C)(C)C. The Morgan fingerprint density at radius 3 is 2.34 bits per heavy atom. The molecule has 1 fully saturated rings. The Morgan fingerprint density at radius 1 is 1.06 bits per heavy atom. The highest BCUT2D eigenvalue weighted by Crippen LogP contribution is 2.33. The fourth-order valence-electron chi connectivity index (χ4n) is 6.59. The highest BCUT2D eigenvalue weighted by atomic mass is 32.2. The maximum Gasteiger partial charge on any atom is 0.329 e. The number of ether oxygens (including phenoxy) is 2. The number of nitrogens with two attached hydrogens (primary N) is 1. The van der Waals surface area contributed by atoms with Gasteiger partial charge in [-0.2, -0.15) is 0 Å². The van der Waals surface area contributed by atoms with E-state index >= 15 is 0 Å². The van der Waals surface area contributed by atoms with Gasteiger partial charge in [0.15, 0.2) is 0 Å². The summed E-state index contributed by atoms with van der Waals surface area (Å²) in [5.41, 5.74) is 6.05. The third-order valence-electron chi connectivity index (χ3n) is 10.0. The van der Waals surface area contributed by atoms with E-state index in [0.717, 1.165) is 10.6 Å². The van der Waals surface area contributed by atoms with E-state index in [1.165, 1.54) is 4.90 Å². The molecule has 53 heavy (non-hydrogen) atoms. The third kappa shape index (κ3) is 13.3. The molecule has 1 aromatic rings. The topological polar surface area (TPSA) is 190 Å². The van der Waals surface area contributed by atoms with E-state index in [4.69, 9.17) is 20.2 Å². The van der Waals surface area contributed by atoms with Crippen molar-refractivity contribution in [2.45, 2.75) is 136 Å². The molecule has 1 aromatic carbocycles. The average molecular weight is 760 g/mol. The number of aliphatic hydroxyl groups is 1. The molecule has 0 aromatic heterocycles. The van der Waals surface area contributed by atoms with Crippen LogP contribution in [-0.4, -0.2) is 100 Å². The van der Waals surface area contributed by atoms with Crippen LogP contribution in [0.25, 0.3) is 0 Å². The van der Waals surface area contributed by atoms with Crippen molar-refractivity contribution in [3.63, 3.8) is 0 Å². The molecular formula is C39H61N5O8S. The van der Waals surface area contributed by atoms with Crippen molar-refractivity contribution in [1.82, 2.24) is 15.5 Å². The summed E-state index contributed by atoms with van der Waals surface area (Å²) in [6, 6.07) is 4.89. The number of esters is 1. The lowest BCUT2D eigenvalue weighted by Gasteiger charge is -2.35. The van der Waals surface area contributed by atoms with E-state index in [1.807, 2.05) is 46.8 Å². The standard InChI is InChI=1S/C39H61N5O8S/c1-9-33(46)41-25(4)37(49)44-18-10-11-30(44)38(50)52-32(39(5,6)7)20-23(2)19-31(45)24(3)36-42-27(22-53-36)14-17-34(47)43-29(35(40)48)21-26-12-15-28(51-8)16-13-26/h12-13,15-16,23-25,27,29-32,45H,9-11,14,17-22H2,1-8H3,(H2,40,48)(H,41,46)(H,43,47). The van der Waals surface area contributed by atoms with Gasteiger partial charge in [-0.1, -0.05) is 53.7 Å². The minimum atomic E-state index is -0.831. The highest BCUT2D eigenvalue weighted by molar-refractivity contribution is 8.14. The minimum Gasteiger partial charge on any atom is -0.497 e. The molecule has 2 aliphatic heterocycles. The number of aliphatic imine (C=N–C) groups is 1. The smallest absolute Gasteiger partial charge is 0.329 e. The number of thioether (sulfide) groups is 1. The molecule has 4 amide bonds. The van der Waals surface area contributed by atoms with Gasteiger partial charge in [-0.25, -0.2) is 4.79 Å². The van der Waals surface area contributed by atoms with E-state index in [2.05, 4.69) is 10.6 Å². The Morgan fingerprint density at radius 2 is 1.74 bits per heavy atom. The molecule has 2 aliphatic rings. The van der Waals surface area contributed by atoms with Crippen LogP contribution in [0.15, 0.2) is 29.3 Å². The molecule has 3 rings (SSSR count). The van der Waals surface area contributed by atoms with Crippen molar-refractivity contribution in [1.29, 1.82) is 0 Å². The van der Waals surface area contributed by atoms with Crippen molar-refractivity contribution in [3.05, 3.63) is 29.8 Å². The summed E-state index contributed by atoms with van der Waals surface area (Å²) < 4.78 is 11.3. The van der Waals surface area contributed by atoms with Gasteiger partial charge in [-0.05, 0) is 68.1 Å². The van der Waals surface area contributed by atoms with Gasteiger partial charge >= 0.3 is 5.97 Å². The van der Waals surface area contributed by atoms with Crippen molar-refractivity contribution in [2.24, 2.45) is 28.0 Å². The van der Waals surface area contributed by atoms with E-state index < -0.39 is 42.2 Å². The summed E-state index contributed by atoms with van der Waals surface area (Å²) in [5.74, 6) is -0.634. The number of likely N-dealkylation sites (tertiary alicyclic amines) is 1. The van der Waals surface area contributed by atoms with Gasteiger partial charge in [-0.3, -0.25) is 24.2 Å². The molecule has 0 saturated carbocycles. The zero-order valence-corrected chi connectivity index (χ0v) is 33.5. The Hall–Kier alpha value is -3.65. The van der Waals surface area contributed by atoms with Gasteiger partial charge in [0.1, 0.15) is 30.0 Å². The van der Waals surface area contributed by atoms with Gasteiger partial charge in [0.2, 0.25) is 23.6 Å². The summed E-state index contributed by atoms with van der Waals surface area (Å²) in [6.45, 7) is 13.8. The van der Waals surface area contributed by atoms with Crippen molar-refractivity contribution in [3.8, 4) is 5.75 Å². The molecule has 5 N–H and O–H groups in total. The Labute approximate surface area is 319 Å². The molecule has 2 heterocycles. The maximum atomic E-state index is 13.5. The first-order chi connectivity index (χ1) is 24.9. The van der Waals surface area contributed by atoms with Crippen LogP contribution in [0.4, 0.5) is 0 Å². The first-order valence-electron chi connectivity index (χ1n) is 18.8. The Balaban J connectivity index is 1.50. The van der Waals surface area contributed by atoms with E-state index in [1.54, 1.807) is 44.9 Å². The van der Waals surface area contributed by atoms with Gasteiger partial charge < -0.3 is 35.8 Å². The Kier molecular flexibility index (Phi) is 16.6. The molecule has 14 heteroatoms. The second kappa shape index (κ2) is 20.1. The van der Waals surface area contributed by atoms with E-state index in [0.29, 0.717) is 50.2 Å². The number of nitrogens with one attached hydrogen (secondary N) is 2. The number of nitrogens with zero attached hydrogens (tertiary/aromatic N) is 2.